The first-order valence-electron chi connectivity index (χ1n) is 14.1. The summed E-state index contributed by atoms with van der Waals surface area (Å²) in [4.78, 5) is 26.4. The fourth-order valence-electron chi connectivity index (χ4n) is 8.85. The van der Waals surface area contributed by atoms with Crippen LogP contribution in [0.1, 0.15) is 59.3 Å². The van der Waals surface area contributed by atoms with Gasteiger partial charge in [-0.1, -0.05) is 62.0 Å². The number of aliphatic hydroxyl groups is 1. The van der Waals surface area contributed by atoms with Crippen LogP contribution in [0.5, 0.6) is 5.75 Å². The Bertz CT molecular complexity index is 1260. The van der Waals surface area contributed by atoms with Crippen molar-refractivity contribution >= 4 is 34.8 Å². The number of Topliss-reactive ketones (excluding diaryl/α,β-unsaturated/α-hetero) is 1. The van der Waals surface area contributed by atoms with Gasteiger partial charge in [0, 0.05) is 21.8 Å². The maximum Gasteiger partial charge on any atom is 0.205 e. The molecule has 0 radical (unpaired) electrons. The van der Waals surface area contributed by atoms with Crippen LogP contribution in [-0.4, -0.2) is 47.4 Å². The quantitative estimate of drug-likeness (QED) is 0.441. The molecule has 8 heteroatoms. The minimum absolute atomic E-state index is 0.0144. The maximum absolute atomic E-state index is 14.3. The van der Waals surface area contributed by atoms with Crippen LogP contribution >= 0.6 is 23.2 Å². The lowest BCUT2D eigenvalue weighted by Crippen LogP contribution is -2.63. The highest BCUT2D eigenvalue weighted by Crippen LogP contribution is 2.69. The molecule has 39 heavy (non-hydrogen) atoms. The first kappa shape index (κ1) is 27.5. The largest absolute Gasteiger partial charge is 0.484 e. The van der Waals surface area contributed by atoms with E-state index in [2.05, 4.69) is 20.8 Å². The van der Waals surface area contributed by atoms with Crippen molar-refractivity contribution in [1.82, 2.24) is 0 Å². The summed E-state index contributed by atoms with van der Waals surface area (Å²) in [5.74, 6) is 0.456. The summed E-state index contributed by atoms with van der Waals surface area (Å²) in [5, 5.41) is 12.6. The van der Waals surface area contributed by atoms with Gasteiger partial charge in [0.25, 0.3) is 0 Å². The van der Waals surface area contributed by atoms with Crippen LogP contribution in [0, 0.1) is 28.6 Å². The maximum atomic E-state index is 14.3. The van der Waals surface area contributed by atoms with Crippen LogP contribution in [0.4, 0.5) is 0 Å². The zero-order chi connectivity index (χ0) is 27.7. The first-order chi connectivity index (χ1) is 18.5. The van der Waals surface area contributed by atoms with Gasteiger partial charge < -0.3 is 19.3 Å². The number of aliphatic hydroxyl groups excluding tert-OH is 1. The summed E-state index contributed by atoms with van der Waals surface area (Å²) in [7, 11) is 0. The molecule has 0 amide bonds. The van der Waals surface area contributed by atoms with Crippen LogP contribution < -0.4 is 4.74 Å². The molecule has 4 fully saturated rings. The summed E-state index contributed by atoms with van der Waals surface area (Å²) >= 11 is 12.4. The summed E-state index contributed by atoms with van der Waals surface area (Å²) in [6.07, 6.45) is 8.17. The molecular formula is C31H36Cl2O6. The van der Waals surface area contributed by atoms with Crippen molar-refractivity contribution in [2.75, 3.05) is 6.61 Å². The SMILES string of the molecule is CCCC1O[C@@H]2CC3C4CCC5=CC(=O)C=CC5(C)C4[C@@H](O)CC3(C)[C@@]2(C(=O)COc2ccc(Cl)cc2Cl)O1. The van der Waals surface area contributed by atoms with Gasteiger partial charge in [0.05, 0.1) is 17.2 Å². The van der Waals surface area contributed by atoms with Gasteiger partial charge >= 0.3 is 0 Å². The molecule has 0 spiro atoms. The van der Waals surface area contributed by atoms with Crippen LogP contribution in [0.15, 0.2) is 42.0 Å². The van der Waals surface area contributed by atoms with Crippen molar-refractivity contribution in [3.05, 3.63) is 52.0 Å². The van der Waals surface area contributed by atoms with E-state index in [0.717, 1.165) is 24.8 Å². The molecule has 1 heterocycles. The Labute approximate surface area is 239 Å². The van der Waals surface area contributed by atoms with Gasteiger partial charge in [0.2, 0.25) is 5.78 Å². The molecule has 3 saturated carbocycles. The standard InChI is InChI=1S/C31H36Cl2O6/c1-4-5-27-38-26-14-21-20-8-6-17-12-19(34)10-11-29(17,2)28(20)23(35)15-30(21,3)31(26,39-27)25(36)16-37-24-9-7-18(32)13-22(24)33/h7,9-13,20-21,23,26-28,35H,4-6,8,14-16H2,1-3H3/t20?,21?,23-,26+,27?,28?,29?,30?,31-/m0/s1. The Hall–Kier alpha value is -1.70. The number of benzene rings is 1. The van der Waals surface area contributed by atoms with Gasteiger partial charge in [-0.15, -0.1) is 0 Å². The molecule has 210 valence electrons. The molecule has 6 unspecified atom stereocenters. The van der Waals surface area contributed by atoms with Gasteiger partial charge in [0.15, 0.2) is 17.7 Å². The predicted octanol–water partition coefficient (Wildman–Crippen LogP) is 6.11. The Morgan fingerprint density at radius 1 is 1.26 bits per heavy atom. The molecule has 1 saturated heterocycles. The number of ketones is 2. The van der Waals surface area contributed by atoms with E-state index in [4.69, 9.17) is 37.4 Å². The Morgan fingerprint density at radius 2 is 2.05 bits per heavy atom. The number of hydrogen-bond donors (Lipinski definition) is 1. The number of halogens is 2. The normalized spacial score (nSPS) is 42.3. The van der Waals surface area contributed by atoms with E-state index in [1.54, 1.807) is 30.4 Å². The smallest absolute Gasteiger partial charge is 0.205 e. The van der Waals surface area contributed by atoms with E-state index in [-0.39, 0.29) is 41.3 Å². The molecule has 1 aromatic carbocycles. The fourth-order valence-corrected chi connectivity index (χ4v) is 9.31. The minimum Gasteiger partial charge on any atom is -0.484 e. The van der Waals surface area contributed by atoms with Crippen LogP contribution in [0.25, 0.3) is 0 Å². The number of allylic oxidation sites excluding steroid dienone is 4. The van der Waals surface area contributed by atoms with Crippen LogP contribution in [0.2, 0.25) is 10.0 Å². The molecule has 9 atom stereocenters. The molecule has 6 nitrogen and oxygen atoms in total. The third-order valence-corrected chi connectivity index (χ3v) is 11.0. The molecule has 1 aromatic rings. The lowest BCUT2D eigenvalue weighted by molar-refractivity contribution is -0.200. The number of ether oxygens (including phenoxy) is 3. The molecule has 0 aromatic heterocycles. The van der Waals surface area contributed by atoms with Crippen molar-refractivity contribution in [2.24, 2.45) is 28.6 Å². The van der Waals surface area contributed by atoms with E-state index in [9.17, 15) is 14.7 Å². The highest BCUT2D eigenvalue weighted by atomic mass is 35.5. The molecule has 4 aliphatic carbocycles. The van der Waals surface area contributed by atoms with Crippen molar-refractivity contribution in [3.8, 4) is 5.75 Å². The van der Waals surface area contributed by atoms with Gasteiger partial charge in [-0.2, -0.15) is 0 Å². The second-order valence-corrected chi connectivity index (χ2v) is 13.3. The Morgan fingerprint density at radius 3 is 2.79 bits per heavy atom. The second kappa shape index (κ2) is 9.70. The van der Waals surface area contributed by atoms with E-state index in [0.29, 0.717) is 35.1 Å². The molecule has 1 aliphatic heterocycles. The van der Waals surface area contributed by atoms with Crippen LogP contribution in [0.3, 0.4) is 0 Å². The van der Waals surface area contributed by atoms with Gasteiger partial charge in [0.1, 0.15) is 12.4 Å². The summed E-state index contributed by atoms with van der Waals surface area (Å²) in [6, 6.07) is 4.91. The summed E-state index contributed by atoms with van der Waals surface area (Å²) in [6.45, 7) is 6.10. The van der Waals surface area contributed by atoms with Crippen molar-refractivity contribution in [2.45, 2.75) is 83.4 Å². The van der Waals surface area contributed by atoms with E-state index < -0.39 is 29.5 Å². The van der Waals surface area contributed by atoms with Crippen molar-refractivity contribution in [1.29, 1.82) is 0 Å². The number of carbonyl (C=O) groups is 2. The third kappa shape index (κ3) is 4.00. The molecular weight excluding hydrogens is 539 g/mol. The van der Waals surface area contributed by atoms with E-state index >= 15 is 0 Å². The first-order valence-corrected chi connectivity index (χ1v) is 14.9. The molecule has 1 N–H and O–H groups in total. The lowest BCUT2D eigenvalue weighted by atomic mass is 9.46. The second-order valence-electron chi connectivity index (χ2n) is 12.4. The van der Waals surface area contributed by atoms with Gasteiger partial charge in [-0.05, 0) is 74.3 Å². The molecule has 0 bridgehead atoms. The highest BCUT2D eigenvalue weighted by Gasteiger charge is 2.75. The highest BCUT2D eigenvalue weighted by molar-refractivity contribution is 6.35. The third-order valence-electron chi connectivity index (χ3n) is 10.5. The Balaban J connectivity index is 1.34. The number of fused-ring (bicyclic) bond motifs is 7. The van der Waals surface area contributed by atoms with Gasteiger partial charge in [-0.25, -0.2) is 0 Å². The lowest BCUT2D eigenvalue weighted by Gasteiger charge is -2.59. The number of carbonyl (C=O) groups excluding carboxylic acids is 2. The summed E-state index contributed by atoms with van der Waals surface area (Å²) < 4.78 is 19.1. The average Bonchev–Trinajstić information content (AvgIpc) is 3.36. The fraction of sp³-hybridized carbons (Fsp3) is 0.613. The predicted molar refractivity (Wildman–Crippen MR) is 148 cm³/mol. The van der Waals surface area contributed by atoms with Gasteiger partial charge in [-0.3, -0.25) is 9.59 Å². The van der Waals surface area contributed by atoms with Crippen LogP contribution in [-0.2, 0) is 19.1 Å². The monoisotopic (exact) mass is 574 g/mol. The summed E-state index contributed by atoms with van der Waals surface area (Å²) in [5.41, 5.74) is -1.14. The zero-order valence-electron chi connectivity index (χ0n) is 22.6. The number of rotatable bonds is 6. The van der Waals surface area contributed by atoms with E-state index in [1.807, 2.05) is 6.08 Å². The topological polar surface area (TPSA) is 82.1 Å². The zero-order valence-corrected chi connectivity index (χ0v) is 24.1. The Kier molecular flexibility index (Phi) is 6.83. The minimum atomic E-state index is -1.22. The van der Waals surface area contributed by atoms with E-state index in [1.165, 1.54) is 0 Å². The number of hydrogen-bond acceptors (Lipinski definition) is 6. The average molecular weight is 576 g/mol. The molecule has 6 rings (SSSR count). The molecule has 5 aliphatic rings. The van der Waals surface area contributed by atoms with Crippen molar-refractivity contribution in [3.63, 3.8) is 0 Å². The van der Waals surface area contributed by atoms with Crippen molar-refractivity contribution < 1.29 is 28.9 Å².